The smallest absolute Gasteiger partial charge is 0.0283 e. The summed E-state index contributed by atoms with van der Waals surface area (Å²) in [4.78, 5) is 0. The van der Waals surface area contributed by atoms with Gasteiger partial charge in [0, 0.05) is 8.95 Å². The van der Waals surface area contributed by atoms with Gasteiger partial charge in [0.15, 0.2) is 0 Å². The average molecular weight is 340 g/mol. The summed E-state index contributed by atoms with van der Waals surface area (Å²) in [5.41, 5.74) is 4.97. The van der Waals surface area contributed by atoms with Crippen LogP contribution < -0.4 is 0 Å². The highest BCUT2D eigenvalue weighted by Gasteiger charge is 2.09. The Labute approximate surface area is 113 Å². The van der Waals surface area contributed by atoms with Crippen LogP contribution in [0.25, 0.3) is 11.1 Å². The van der Waals surface area contributed by atoms with Crippen LogP contribution in [0.1, 0.15) is 11.1 Å². The molecule has 0 aliphatic heterocycles. The van der Waals surface area contributed by atoms with E-state index in [-0.39, 0.29) is 0 Å². The molecular formula is C14H12Br2. The van der Waals surface area contributed by atoms with Gasteiger partial charge in [-0.1, -0.05) is 36.4 Å². The number of hydrogen-bond acceptors (Lipinski definition) is 0. The molecule has 0 nitrogen and oxygen atoms in total. The van der Waals surface area contributed by atoms with E-state index in [1.54, 1.807) is 0 Å². The van der Waals surface area contributed by atoms with E-state index in [0.717, 1.165) is 0 Å². The van der Waals surface area contributed by atoms with Crippen molar-refractivity contribution in [2.45, 2.75) is 13.8 Å². The lowest BCUT2D eigenvalue weighted by atomic mass is 10.0. The van der Waals surface area contributed by atoms with E-state index in [9.17, 15) is 0 Å². The number of halogens is 2. The minimum absolute atomic E-state index is 1.17. The summed E-state index contributed by atoms with van der Waals surface area (Å²) in [6, 6.07) is 12.7. The molecule has 0 fully saturated rings. The molecule has 0 aromatic heterocycles. The number of hydrogen-bond donors (Lipinski definition) is 0. The van der Waals surface area contributed by atoms with Gasteiger partial charge in [0.05, 0.1) is 0 Å². The second-order valence-electron chi connectivity index (χ2n) is 3.87. The standard InChI is InChI=1S/C14H12Br2/c1-9-5-3-7-11(13(9)15)12-8-4-6-10(2)14(12)16/h3-8H,1-2H3. The molecule has 0 saturated carbocycles. The molecular weight excluding hydrogens is 328 g/mol. The summed E-state index contributed by atoms with van der Waals surface area (Å²) in [6.07, 6.45) is 0. The molecule has 0 atom stereocenters. The van der Waals surface area contributed by atoms with Crippen LogP contribution in [0, 0.1) is 13.8 Å². The lowest BCUT2D eigenvalue weighted by Gasteiger charge is -2.10. The van der Waals surface area contributed by atoms with E-state index in [2.05, 4.69) is 82.1 Å². The van der Waals surface area contributed by atoms with E-state index < -0.39 is 0 Å². The average Bonchev–Trinajstić information content (AvgIpc) is 2.27. The zero-order valence-corrected chi connectivity index (χ0v) is 12.4. The molecule has 0 amide bonds. The Hall–Kier alpha value is -0.600. The number of benzene rings is 2. The minimum Gasteiger partial charge on any atom is -0.0613 e. The van der Waals surface area contributed by atoms with E-state index in [4.69, 9.17) is 0 Å². The summed E-state index contributed by atoms with van der Waals surface area (Å²) in [7, 11) is 0. The molecule has 0 bridgehead atoms. The monoisotopic (exact) mass is 338 g/mol. The van der Waals surface area contributed by atoms with Crippen molar-refractivity contribution < 1.29 is 0 Å². The molecule has 0 radical (unpaired) electrons. The summed E-state index contributed by atoms with van der Waals surface area (Å²) < 4.78 is 2.34. The number of aryl methyl sites for hydroxylation is 2. The third-order valence-corrected chi connectivity index (χ3v) is 4.78. The van der Waals surface area contributed by atoms with Crippen molar-refractivity contribution in [3.8, 4) is 11.1 Å². The highest BCUT2D eigenvalue weighted by atomic mass is 79.9. The van der Waals surface area contributed by atoms with E-state index in [0.29, 0.717) is 0 Å². The van der Waals surface area contributed by atoms with Gasteiger partial charge in [-0.05, 0) is 68.0 Å². The van der Waals surface area contributed by atoms with Gasteiger partial charge >= 0.3 is 0 Å². The Kier molecular flexibility index (Phi) is 3.50. The molecule has 0 aliphatic carbocycles. The minimum atomic E-state index is 1.17. The predicted molar refractivity (Wildman–Crippen MR) is 76.8 cm³/mol. The molecule has 2 heteroatoms. The van der Waals surface area contributed by atoms with E-state index in [1.807, 2.05) is 0 Å². The van der Waals surface area contributed by atoms with Gasteiger partial charge < -0.3 is 0 Å². The van der Waals surface area contributed by atoms with Crippen molar-refractivity contribution in [2.75, 3.05) is 0 Å². The molecule has 82 valence electrons. The second kappa shape index (κ2) is 4.72. The molecule has 2 aromatic carbocycles. The van der Waals surface area contributed by atoms with Gasteiger partial charge in [0.1, 0.15) is 0 Å². The Morgan fingerprint density at radius 3 is 1.44 bits per heavy atom. The largest absolute Gasteiger partial charge is 0.0613 e. The lowest BCUT2D eigenvalue weighted by Crippen LogP contribution is -1.86. The van der Waals surface area contributed by atoms with Crippen LogP contribution in [0.5, 0.6) is 0 Å². The molecule has 0 saturated heterocycles. The highest BCUT2D eigenvalue weighted by molar-refractivity contribution is 9.11. The van der Waals surface area contributed by atoms with Gasteiger partial charge in [0.2, 0.25) is 0 Å². The molecule has 16 heavy (non-hydrogen) atoms. The van der Waals surface area contributed by atoms with Crippen molar-refractivity contribution >= 4 is 31.9 Å². The van der Waals surface area contributed by atoms with Crippen LogP contribution in [-0.2, 0) is 0 Å². The van der Waals surface area contributed by atoms with Crippen molar-refractivity contribution in [3.05, 3.63) is 56.5 Å². The molecule has 2 rings (SSSR count). The molecule has 0 heterocycles. The maximum absolute atomic E-state index is 3.65. The van der Waals surface area contributed by atoms with Crippen molar-refractivity contribution in [1.82, 2.24) is 0 Å². The first-order valence-corrected chi connectivity index (χ1v) is 6.70. The normalized spacial score (nSPS) is 10.5. The first-order valence-electron chi connectivity index (χ1n) is 5.12. The molecule has 2 aromatic rings. The lowest BCUT2D eigenvalue weighted by molar-refractivity contribution is 1.39. The fraction of sp³-hybridized carbons (Fsp3) is 0.143. The molecule has 0 spiro atoms. The summed E-state index contributed by atoms with van der Waals surface area (Å²) >= 11 is 7.31. The van der Waals surface area contributed by atoms with Gasteiger partial charge in [-0.15, -0.1) is 0 Å². The quantitative estimate of drug-likeness (QED) is 0.644. The third kappa shape index (κ3) is 2.09. The fourth-order valence-electron chi connectivity index (χ4n) is 1.71. The zero-order valence-electron chi connectivity index (χ0n) is 9.22. The van der Waals surface area contributed by atoms with Crippen LogP contribution in [0.2, 0.25) is 0 Å². The van der Waals surface area contributed by atoms with Gasteiger partial charge in [-0.2, -0.15) is 0 Å². The summed E-state index contributed by atoms with van der Waals surface area (Å²) in [5.74, 6) is 0. The summed E-state index contributed by atoms with van der Waals surface area (Å²) in [5, 5.41) is 0. The predicted octanol–water partition coefficient (Wildman–Crippen LogP) is 5.50. The van der Waals surface area contributed by atoms with Crippen molar-refractivity contribution in [2.24, 2.45) is 0 Å². The van der Waals surface area contributed by atoms with Crippen molar-refractivity contribution in [1.29, 1.82) is 0 Å². The third-order valence-electron chi connectivity index (χ3n) is 2.67. The van der Waals surface area contributed by atoms with Crippen LogP contribution in [0.4, 0.5) is 0 Å². The van der Waals surface area contributed by atoms with Crippen LogP contribution in [0.3, 0.4) is 0 Å². The number of rotatable bonds is 1. The topological polar surface area (TPSA) is 0 Å². The zero-order chi connectivity index (χ0) is 11.7. The van der Waals surface area contributed by atoms with Crippen LogP contribution in [0.15, 0.2) is 45.3 Å². The van der Waals surface area contributed by atoms with E-state index in [1.165, 1.54) is 31.2 Å². The van der Waals surface area contributed by atoms with Crippen LogP contribution >= 0.6 is 31.9 Å². The maximum Gasteiger partial charge on any atom is 0.0283 e. The Morgan fingerprint density at radius 1 is 0.688 bits per heavy atom. The molecule has 0 aliphatic rings. The Morgan fingerprint density at radius 2 is 1.06 bits per heavy atom. The highest BCUT2D eigenvalue weighted by Crippen LogP contribution is 2.36. The van der Waals surface area contributed by atoms with Crippen LogP contribution in [-0.4, -0.2) is 0 Å². The first kappa shape index (κ1) is 11.9. The molecule has 0 N–H and O–H groups in total. The maximum atomic E-state index is 3.65. The Balaban J connectivity index is 2.68. The second-order valence-corrected chi connectivity index (χ2v) is 5.46. The van der Waals surface area contributed by atoms with E-state index >= 15 is 0 Å². The first-order chi connectivity index (χ1) is 7.61. The SMILES string of the molecule is Cc1cccc(-c2cccc(C)c2Br)c1Br. The van der Waals surface area contributed by atoms with Crippen molar-refractivity contribution in [3.63, 3.8) is 0 Å². The van der Waals surface area contributed by atoms with Gasteiger partial charge in [-0.25, -0.2) is 0 Å². The fourth-order valence-corrected chi connectivity index (χ4v) is 2.67. The Bertz CT molecular complexity index is 481. The van der Waals surface area contributed by atoms with Gasteiger partial charge in [-0.3, -0.25) is 0 Å². The summed E-state index contributed by atoms with van der Waals surface area (Å²) in [6.45, 7) is 4.22. The van der Waals surface area contributed by atoms with Gasteiger partial charge in [0.25, 0.3) is 0 Å². The molecule has 0 unspecified atom stereocenters.